The molecule has 0 saturated carbocycles. The van der Waals surface area contributed by atoms with Crippen LogP contribution in [0.4, 0.5) is 0 Å². The van der Waals surface area contributed by atoms with Crippen LogP contribution in [0.15, 0.2) is 59.1 Å². The first kappa shape index (κ1) is 19.3. The highest BCUT2D eigenvalue weighted by atomic mass is 79.9. The number of halogens is 1. The molecule has 0 aromatic heterocycles. The molecule has 1 aliphatic heterocycles. The summed E-state index contributed by atoms with van der Waals surface area (Å²) < 4.78 is 6.40. The second-order valence-corrected chi connectivity index (χ2v) is 7.25. The SMILES string of the molecule is O=C(c1ccc(Br)cc1)N(CCc1ccccc1)CC1CN([N+](=O)[O-])CO1. The van der Waals surface area contributed by atoms with E-state index in [0.29, 0.717) is 25.1 Å². The molecule has 7 nitrogen and oxygen atoms in total. The summed E-state index contributed by atoms with van der Waals surface area (Å²) in [6, 6.07) is 17.1. The highest BCUT2D eigenvalue weighted by molar-refractivity contribution is 9.10. The number of amides is 1. The van der Waals surface area contributed by atoms with Gasteiger partial charge in [0.15, 0.2) is 11.8 Å². The fourth-order valence-corrected chi connectivity index (χ4v) is 3.23. The topological polar surface area (TPSA) is 75.9 Å². The van der Waals surface area contributed by atoms with Gasteiger partial charge in [0.05, 0.1) is 0 Å². The van der Waals surface area contributed by atoms with Crippen LogP contribution in [0.25, 0.3) is 0 Å². The fraction of sp³-hybridized carbons (Fsp3) is 0.316. The van der Waals surface area contributed by atoms with Crippen LogP contribution in [0.3, 0.4) is 0 Å². The van der Waals surface area contributed by atoms with Gasteiger partial charge in [-0.05, 0) is 36.2 Å². The van der Waals surface area contributed by atoms with Crippen LogP contribution in [0.2, 0.25) is 0 Å². The van der Waals surface area contributed by atoms with Crippen molar-refractivity contribution in [2.24, 2.45) is 0 Å². The maximum atomic E-state index is 13.0. The zero-order valence-corrected chi connectivity index (χ0v) is 16.2. The summed E-state index contributed by atoms with van der Waals surface area (Å²) in [5, 5.41) is 11.4. The van der Waals surface area contributed by atoms with Crippen molar-refractivity contribution in [3.05, 3.63) is 80.3 Å². The predicted octanol–water partition coefficient (Wildman–Crippen LogP) is 2.98. The second-order valence-electron chi connectivity index (χ2n) is 6.34. The Balaban J connectivity index is 1.70. The Kier molecular flexibility index (Phi) is 6.41. The van der Waals surface area contributed by atoms with E-state index in [0.717, 1.165) is 15.0 Å². The van der Waals surface area contributed by atoms with E-state index in [2.05, 4.69) is 15.9 Å². The zero-order valence-electron chi connectivity index (χ0n) is 14.7. The minimum Gasteiger partial charge on any atom is -0.348 e. The Morgan fingerprint density at radius 1 is 1.22 bits per heavy atom. The number of nitrogens with zero attached hydrogens (tertiary/aromatic N) is 3. The second kappa shape index (κ2) is 8.96. The summed E-state index contributed by atoms with van der Waals surface area (Å²) in [4.78, 5) is 25.6. The van der Waals surface area contributed by atoms with E-state index in [1.54, 1.807) is 17.0 Å². The minimum absolute atomic E-state index is 0.0589. The first-order valence-corrected chi connectivity index (χ1v) is 9.42. The number of benzene rings is 2. The quantitative estimate of drug-likeness (QED) is 0.495. The monoisotopic (exact) mass is 433 g/mol. The number of rotatable bonds is 7. The van der Waals surface area contributed by atoms with E-state index < -0.39 is 5.03 Å². The molecule has 2 aromatic carbocycles. The summed E-state index contributed by atoms with van der Waals surface area (Å²) in [6.45, 7) is 0.933. The van der Waals surface area contributed by atoms with Crippen molar-refractivity contribution >= 4 is 21.8 Å². The van der Waals surface area contributed by atoms with Crippen LogP contribution in [-0.2, 0) is 11.2 Å². The van der Waals surface area contributed by atoms with E-state index in [1.807, 2.05) is 42.5 Å². The number of nitro groups is 1. The molecule has 0 bridgehead atoms. The lowest BCUT2D eigenvalue weighted by atomic mass is 10.1. The summed E-state index contributed by atoms with van der Waals surface area (Å²) in [7, 11) is 0. The minimum atomic E-state index is -0.467. The van der Waals surface area contributed by atoms with Gasteiger partial charge < -0.3 is 9.64 Å². The summed E-state index contributed by atoms with van der Waals surface area (Å²) in [5.74, 6) is -0.110. The molecule has 1 heterocycles. The zero-order chi connectivity index (χ0) is 19.2. The van der Waals surface area contributed by atoms with Gasteiger partial charge in [-0.1, -0.05) is 46.3 Å². The maximum Gasteiger partial charge on any atom is 0.253 e. The molecule has 1 saturated heterocycles. The maximum absolute atomic E-state index is 13.0. The number of hydrazine groups is 1. The molecular weight excluding hydrogens is 414 g/mol. The Morgan fingerprint density at radius 2 is 1.93 bits per heavy atom. The molecule has 0 N–H and O–H groups in total. The lowest BCUT2D eigenvalue weighted by Gasteiger charge is -2.25. The summed E-state index contributed by atoms with van der Waals surface area (Å²) in [5.41, 5.74) is 1.71. The molecule has 1 aliphatic rings. The predicted molar refractivity (Wildman–Crippen MR) is 104 cm³/mol. The van der Waals surface area contributed by atoms with E-state index in [1.165, 1.54) is 0 Å². The summed E-state index contributed by atoms with van der Waals surface area (Å²) in [6.07, 6.45) is 0.319. The van der Waals surface area contributed by atoms with Crippen LogP contribution in [0.1, 0.15) is 15.9 Å². The average molecular weight is 434 g/mol. The molecular formula is C19H20BrN3O4. The summed E-state index contributed by atoms with van der Waals surface area (Å²) >= 11 is 3.37. The van der Waals surface area contributed by atoms with Crippen LogP contribution < -0.4 is 0 Å². The highest BCUT2D eigenvalue weighted by Crippen LogP contribution is 2.16. The molecule has 0 aliphatic carbocycles. The van der Waals surface area contributed by atoms with E-state index >= 15 is 0 Å². The van der Waals surface area contributed by atoms with Crippen LogP contribution >= 0.6 is 15.9 Å². The number of ether oxygens (including phenoxy) is 1. The van der Waals surface area contributed by atoms with E-state index in [9.17, 15) is 14.9 Å². The van der Waals surface area contributed by atoms with Gasteiger partial charge in [-0.25, -0.2) is 10.1 Å². The largest absolute Gasteiger partial charge is 0.348 e. The van der Waals surface area contributed by atoms with Crippen molar-refractivity contribution in [2.75, 3.05) is 26.4 Å². The smallest absolute Gasteiger partial charge is 0.253 e. The van der Waals surface area contributed by atoms with Crippen molar-refractivity contribution in [1.29, 1.82) is 0 Å². The number of carbonyl (C=O) groups is 1. The number of hydrogen-bond acceptors (Lipinski definition) is 4. The van der Waals surface area contributed by atoms with Crippen molar-refractivity contribution in [1.82, 2.24) is 9.91 Å². The fourth-order valence-electron chi connectivity index (χ4n) is 2.96. The van der Waals surface area contributed by atoms with E-state index in [-0.39, 0.29) is 25.3 Å². The van der Waals surface area contributed by atoms with Crippen molar-refractivity contribution in [3.8, 4) is 0 Å². The van der Waals surface area contributed by atoms with Gasteiger partial charge in [0.2, 0.25) is 0 Å². The molecule has 1 fully saturated rings. The van der Waals surface area contributed by atoms with Crippen molar-refractivity contribution in [2.45, 2.75) is 12.5 Å². The third-order valence-corrected chi connectivity index (χ3v) is 4.95. The van der Waals surface area contributed by atoms with Gasteiger partial charge >= 0.3 is 0 Å². The number of hydrogen-bond donors (Lipinski definition) is 0. The van der Waals surface area contributed by atoms with Gasteiger partial charge in [-0.15, -0.1) is 5.01 Å². The van der Waals surface area contributed by atoms with Crippen LogP contribution in [0.5, 0.6) is 0 Å². The lowest BCUT2D eigenvalue weighted by molar-refractivity contribution is -0.654. The van der Waals surface area contributed by atoms with Crippen molar-refractivity contribution < 1.29 is 14.6 Å². The highest BCUT2D eigenvalue weighted by Gasteiger charge is 2.32. The molecule has 142 valence electrons. The Morgan fingerprint density at radius 3 is 2.56 bits per heavy atom. The third kappa shape index (κ3) is 5.27. The standard InChI is InChI=1S/C19H20BrN3O4/c20-17-8-6-16(7-9-17)19(24)21(11-10-15-4-2-1-3-5-15)12-18-13-22(14-27-18)23(25)26/h1-9,18H,10-14H2. The average Bonchev–Trinajstić information content (AvgIpc) is 3.15. The molecule has 0 radical (unpaired) electrons. The van der Waals surface area contributed by atoms with E-state index in [4.69, 9.17) is 4.74 Å². The van der Waals surface area contributed by atoms with Gasteiger partial charge in [0, 0.05) is 23.1 Å². The first-order chi connectivity index (χ1) is 13.0. The lowest BCUT2D eigenvalue weighted by Crippen LogP contribution is -2.40. The van der Waals surface area contributed by atoms with Crippen molar-refractivity contribution in [3.63, 3.8) is 0 Å². The Hall–Kier alpha value is -2.45. The molecule has 1 atom stereocenters. The molecule has 1 amide bonds. The van der Waals surface area contributed by atoms with Crippen LogP contribution in [-0.4, -0.2) is 53.3 Å². The molecule has 27 heavy (non-hydrogen) atoms. The molecule has 1 unspecified atom stereocenters. The molecule has 8 heteroatoms. The van der Waals surface area contributed by atoms with Gasteiger partial charge in [-0.2, -0.15) is 0 Å². The Bertz CT molecular complexity index is 785. The van der Waals surface area contributed by atoms with Gasteiger partial charge in [-0.3, -0.25) is 4.79 Å². The molecule has 3 rings (SSSR count). The van der Waals surface area contributed by atoms with Crippen LogP contribution in [0, 0.1) is 10.1 Å². The Labute approximate surface area is 165 Å². The molecule has 2 aromatic rings. The normalized spacial score (nSPS) is 16.3. The number of carbonyl (C=O) groups excluding carboxylic acids is 1. The third-order valence-electron chi connectivity index (χ3n) is 4.42. The first-order valence-electron chi connectivity index (χ1n) is 8.62. The van der Waals surface area contributed by atoms with Gasteiger partial charge in [0.25, 0.3) is 5.91 Å². The molecule has 0 spiro atoms. The van der Waals surface area contributed by atoms with Gasteiger partial charge in [0.1, 0.15) is 12.6 Å².